The van der Waals surface area contributed by atoms with Gasteiger partial charge in [-0.2, -0.15) is 0 Å². The maximum atomic E-state index is 12.1. The summed E-state index contributed by atoms with van der Waals surface area (Å²) in [5, 5.41) is 6.84. The Morgan fingerprint density at radius 2 is 1.72 bits per heavy atom. The molecule has 2 aromatic rings. The van der Waals surface area contributed by atoms with E-state index in [1.54, 1.807) is 0 Å². The number of carbonyl (C=O) groups is 1. The van der Waals surface area contributed by atoms with E-state index in [0.29, 0.717) is 5.02 Å². The number of hydrogen-bond donors (Lipinski definition) is 2. The molecule has 0 bridgehead atoms. The molecule has 3 rings (SSSR count). The van der Waals surface area contributed by atoms with Gasteiger partial charge in [0.25, 0.3) is 0 Å². The van der Waals surface area contributed by atoms with Crippen molar-refractivity contribution in [3.8, 4) is 0 Å². The lowest BCUT2D eigenvalue weighted by atomic mass is 10.0. The van der Waals surface area contributed by atoms with Crippen LogP contribution in [0.4, 0.5) is 5.69 Å². The van der Waals surface area contributed by atoms with Crippen LogP contribution in [0.3, 0.4) is 0 Å². The molecule has 1 aliphatic heterocycles. The van der Waals surface area contributed by atoms with Crippen LogP contribution in [0, 0.1) is 0 Å². The van der Waals surface area contributed by atoms with Gasteiger partial charge in [0.15, 0.2) is 0 Å². The van der Waals surface area contributed by atoms with Gasteiger partial charge in [-0.25, -0.2) is 0 Å². The maximum absolute atomic E-state index is 12.1. The number of amides is 1. The van der Waals surface area contributed by atoms with Gasteiger partial charge in [0.1, 0.15) is 0 Å². The van der Waals surface area contributed by atoms with Crippen LogP contribution in [0.25, 0.3) is 0 Å². The first-order chi connectivity index (χ1) is 12.2. The Morgan fingerprint density at radius 1 is 1.04 bits per heavy atom. The SMILES string of the molecule is O=C(CNc1ccccc1Cl)NC1CCN(Cc2ccccc2)CC1. The smallest absolute Gasteiger partial charge is 0.239 e. The van der Waals surface area contributed by atoms with E-state index in [0.717, 1.165) is 38.2 Å². The van der Waals surface area contributed by atoms with Crippen LogP contribution in [0.1, 0.15) is 18.4 Å². The molecular formula is C20H24ClN3O. The average Bonchev–Trinajstić information content (AvgIpc) is 2.64. The van der Waals surface area contributed by atoms with Gasteiger partial charge in [-0.3, -0.25) is 9.69 Å². The minimum absolute atomic E-state index is 0.0152. The Kier molecular flexibility index (Phi) is 6.31. The van der Waals surface area contributed by atoms with Crippen molar-refractivity contribution in [1.82, 2.24) is 10.2 Å². The van der Waals surface area contributed by atoms with Crippen LogP contribution in [0.15, 0.2) is 54.6 Å². The first kappa shape index (κ1) is 17.8. The first-order valence-electron chi connectivity index (χ1n) is 8.75. The van der Waals surface area contributed by atoms with Gasteiger partial charge in [-0.05, 0) is 30.5 Å². The lowest BCUT2D eigenvalue weighted by Crippen LogP contribution is -2.45. The van der Waals surface area contributed by atoms with Gasteiger partial charge in [0, 0.05) is 25.7 Å². The number of halogens is 1. The Balaban J connectivity index is 1.38. The molecule has 1 saturated heterocycles. The molecule has 1 heterocycles. The number of piperidine rings is 1. The fraction of sp³-hybridized carbons (Fsp3) is 0.350. The van der Waals surface area contributed by atoms with Crippen LogP contribution in [0.5, 0.6) is 0 Å². The van der Waals surface area contributed by atoms with Crippen molar-refractivity contribution in [2.75, 3.05) is 25.0 Å². The topological polar surface area (TPSA) is 44.4 Å². The molecule has 1 amide bonds. The number of hydrogen-bond acceptors (Lipinski definition) is 3. The summed E-state index contributed by atoms with van der Waals surface area (Å²) in [6.07, 6.45) is 1.98. The highest BCUT2D eigenvalue weighted by molar-refractivity contribution is 6.33. The van der Waals surface area contributed by atoms with Crippen molar-refractivity contribution in [3.63, 3.8) is 0 Å². The van der Waals surface area contributed by atoms with Gasteiger partial charge in [0.2, 0.25) is 5.91 Å². The molecule has 2 N–H and O–H groups in total. The second-order valence-corrected chi connectivity index (χ2v) is 6.84. The normalized spacial score (nSPS) is 15.7. The molecule has 0 unspecified atom stereocenters. The highest BCUT2D eigenvalue weighted by Gasteiger charge is 2.20. The standard InChI is InChI=1S/C20H24ClN3O/c21-18-8-4-5-9-19(18)22-14-20(25)23-17-10-12-24(13-11-17)15-16-6-2-1-3-7-16/h1-9,17,22H,10-15H2,(H,23,25). The summed E-state index contributed by atoms with van der Waals surface area (Å²) in [4.78, 5) is 14.6. The van der Waals surface area contributed by atoms with Crippen molar-refractivity contribution >= 4 is 23.2 Å². The summed E-state index contributed by atoms with van der Waals surface area (Å²) < 4.78 is 0. The highest BCUT2D eigenvalue weighted by Crippen LogP contribution is 2.20. The molecule has 0 saturated carbocycles. The third-order valence-corrected chi connectivity index (χ3v) is 4.84. The monoisotopic (exact) mass is 357 g/mol. The molecule has 132 valence electrons. The largest absolute Gasteiger partial charge is 0.375 e. The van der Waals surface area contributed by atoms with Crippen molar-refractivity contribution in [2.45, 2.75) is 25.4 Å². The number of benzene rings is 2. The maximum Gasteiger partial charge on any atom is 0.239 e. The molecule has 0 aromatic heterocycles. The summed E-state index contributed by atoms with van der Waals surface area (Å²) in [7, 11) is 0. The summed E-state index contributed by atoms with van der Waals surface area (Å²) in [6.45, 7) is 3.25. The van der Waals surface area contributed by atoms with E-state index in [2.05, 4.69) is 39.8 Å². The number of anilines is 1. The zero-order chi connectivity index (χ0) is 17.5. The second-order valence-electron chi connectivity index (χ2n) is 6.44. The summed E-state index contributed by atoms with van der Waals surface area (Å²) >= 11 is 6.08. The van der Waals surface area contributed by atoms with Crippen molar-refractivity contribution in [2.24, 2.45) is 0 Å². The minimum atomic E-state index is 0.0152. The van der Waals surface area contributed by atoms with Gasteiger partial charge in [0.05, 0.1) is 17.3 Å². The number of nitrogens with zero attached hydrogens (tertiary/aromatic N) is 1. The van der Waals surface area contributed by atoms with E-state index in [9.17, 15) is 4.79 Å². The molecule has 2 aromatic carbocycles. The number of nitrogens with one attached hydrogen (secondary N) is 2. The van der Waals surface area contributed by atoms with Crippen LogP contribution in [0.2, 0.25) is 5.02 Å². The van der Waals surface area contributed by atoms with Gasteiger partial charge in [-0.1, -0.05) is 54.1 Å². The van der Waals surface area contributed by atoms with Crippen molar-refractivity contribution in [3.05, 3.63) is 65.2 Å². The third-order valence-electron chi connectivity index (χ3n) is 4.51. The zero-order valence-electron chi connectivity index (χ0n) is 14.2. The second kappa shape index (κ2) is 8.88. The van der Waals surface area contributed by atoms with E-state index in [-0.39, 0.29) is 18.5 Å². The lowest BCUT2D eigenvalue weighted by molar-refractivity contribution is -0.120. The van der Waals surface area contributed by atoms with Gasteiger partial charge < -0.3 is 10.6 Å². The van der Waals surface area contributed by atoms with Crippen LogP contribution in [-0.4, -0.2) is 36.5 Å². The molecular weight excluding hydrogens is 334 g/mol. The summed E-state index contributed by atoms with van der Waals surface area (Å²) in [6, 6.07) is 18.2. The van der Waals surface area contributed by atoms with Gasteiger partial charge >= 0.3 is 0 Å². The molecule has 4 nitrogen and oxygen atoms in total. The van der Waals surface area contributed by atoms with E-state index >= 15 is 0 Å². The first-order valence-corrected chi connectivity index (χ1v) is 9.12. The molecule has 25 heavy (non-hydrogen) atoms. The number of carbonyl (C=O) groups excluding carboxylic acids is 1. The summed E-state index contributed by atoms with van der Waals surface area (Å²) in [5.74, 6) is 0.0152. The van der Waals surface area contributed by atoms with E-state index in [4.69, 9.17) is 11.6 Å². The lowest BCUT2D eigenvalue weighted by Gasteiger charge is -2.32. The Bertz CT molecular complexity index is 684. The van der Waals surface area contributed by atoms with E-state index < -0.39 is 0 Å². The Labute approximate surface area is 154 Å². The minimum Gasteiger partial charge on any atom is -0.375 e. The fourth-order valence-electron chi connectivity index (χ4n) is 3.14. The van der Waals surface area contributed by atoms with Crippen LogP contribution in [-0.2, 0) is 11.3 Å². The number of rotatable bonds is 6. The number of para-hydroxylation sites is 1. The quantitative estimate of drug-likeness (QED) is 0.831. The average molecular weight is 358 g/mol. The van der Waals surface area contributed by atoms with Crippen molar-refractivity contribution in [1.29, 1.82) is 0 Å². The van der Waals surface area contributed by atoms with Gasteiger partial charge in [-0.15, -0.1) is 0 Å². The fourth-order valence-corrected chi connectivity index (χ4v) is 3.34. The zero-order valence-corrected chi connectivity index (χ0v) is 15.0. The van der Waals surface area contributed by atoms with Crippen LogP contribution >= 0.6 is 11.6 Å². The molecule has 0 radical (unpaired) electrons. The Hall–Kier alpha value is -2.04. The molecule has 0 aliphatic carbocycles. The molecule has 1 fully saturated rings. The third kappa shape index (κ3) is 5.48. The molecule has 5 heteroatoms. The Morgan fingerprint density at radius 3 is 2.44 bits per heavy atom. The summed E-state index contributed by atoms with van der Waals surface area (Å²) in [5.41, 5.74) is 2.13. The van der Waals surface area contributed by atoms with Crippen molar-refractivity contribution < 1.29 is 4.79 Å². The number of likely N-dealkylation sites (tertiary alicyclic amines) is 1. The van der Waals surface area contributed by atoms with E-state index in [1.807, 2.05) is 30.3 Å². The molecule has 1 aliphatic rings. The van der Waals surface area contributed by atoms with E-state index in [1.165, 1.54) is 5.56 Å². The van der Waals surface area contributed by atoms with Crippen LogP contribution < -0.4 is 10.6 Å². The molecule has 0 atom stereocenters. The highest BCUT2D eigenvalue weighted by atomic mass is 35.5. The predicted molar refractivity (Wildman–Crippen MR) is 103 cm³/mol. The predicted octanol–water partition coefficient (Wildman–Crippen LogP) is 3.53. The molecule has 0 spiro atoms.